The molecule has 2 rings (SSSR count). The number of carbonyl (C=O) groups excluding carboxylic acids is 3. The smallest absolute Gasteiger partial charge is 0.309 e. The van der Waals surface area contributed by atoms with Gasteiger partial charge >= 0.3 is 5.97 Å². The summed E-state index contributed by atoms with van der Waals surface area (Å²) in [5.41, 5.74) is 1.68. The Kier molecular flexibility index (Phi) is 6.88. The van der Waals surface area contributed by atoms with Crippen molar-refractivity contribution < 1.29 is 24.2 Å². The molecule has 3 atom stereocenters. The van der Waals surface area contributed by atoms with Crippen LogP contribution in [0.4, 0.5) is 0 Å². The topological polar surface area (TPSA) is 80.7 Å². The summed E-state index contributed by atoms with van der Waals surface area (Å²) in [5, 5.41) is 9.93. The maximum atomic E-state index is 12.7. The first kappa shape index (κ1) is 19.3. The number of aliphatic hydroxyl groups is 1. The summed E-state index contributed by atoms with van der Waals surface area (Å²) in [6.07, 6.45) is 1.07. The van der Waals surface area contributed by atoms with E-state index in [1.807, 2.05) is 25.1 Å². The van der Waals surface area contributed by atoms with Gasteiger partial charge in [-0.25, -0.2) is 0 Å². The summed E-state index contributed by atoms with van der Waals surface area (Å²) in [6.45, 7) is 3.18. The summed E-state index contributed by atoms with van der Waals surface area (Å²) < 4.78 is 5.55. The van der Waals surface area contributed by atoms with E-state index >= 15 is 0 Å². The summed E-state index contributed by atoms with van der Waals surface area (Å²) in [6, 6.07) is 7.46. The Bertz CT molecular complexity index is 637. The standard InChI is InChI=1S/C20H26O5/c1-13-7-3-4-8-15-9-5-6-10-17(15)19(25-20(13)24)18(23)12-16(22)11-14(2)21/h5-6,9-10,13,16,19,22H,3-4,7-8,11-12H2,1-2H3/t13-,16+,19+/m1/s1. The fourth-order valence-electron chi connectivity index (χ4n) is 3.18. The van der Waals surface area contributed by atoms with E-state index < -0.39 is 18.2 Å². The first-order valence-corrected chi connectivity index (χ1v) is 8.87. The SMILES string of the molecule is CC(=O)C[C@H](O)CC(=O)[C@H]1OC(=O)[C@H](C)CCCCc2ccccc21. The third-order valence-electron chi connectivity index (χ3n) is 4.56. The first-order valence-electron chi connectivity index (χ1n) is 8.87. The molecule has 0 unspecified atom stereocenters. The van der Waals surface area contributed by atoms with Crippen LogP contribution in [0.3, 0.4) is 0 Å². The molecule has 0 radical (unpaired) electrons. The van der Waals surface area contributed by atoms with Crippen molar-refractivity contribution in [2.24, 2.45) is 5.92 Å². The number of rotatable bonds is 5. The molecular weight excluding hydrogens is 320 g/mol. The van der Waals surface area contributed by atoms with Crippen LogP contribution < -0.4 is 0 Å². The Morgan fingerprint density at radius 1 is 1.24 bits per heavy atom. The molecule has 0 amide bonds. The van der Waals surface area contributed by atoms with Crippen molar-refractivity contribution in [3.8, 4) is 0 Å². The van der Waals surface area contributed by atoms with Crippen LogP contribution in [0.25, 0.3) is 0 Å². The number of cyclic esters (lactones) is 1. The number of ketones is 2. The van der Waals surface area contributed by atoms with Gasteiger partial charge in [-0.05, 0) is 31.7 Å². The van der Waals surface area contributed by atoms with Gasteiger partial charge in [-0.3, -0.25) is 14.4 Å². The van der Waals surface area contributed by atoms with Gasteiger partial charge in [0.2, 0.25) is 0 Å². The molecule has 25 heavy (non-hydrogen) atoms. The minimum Gasteiger partial charge on any atom is -0.449 e. The van der Waals surface area contributed by atoms with E-state index in [9.17, 15) is 19.5 Å². The molecule has 0 saturated heterocycles. The van der Waals surface area contributed by atoms with Gasteiger partial charge in [0.05, 0.1) is 12.0 Å². The summed E-state index contributed by atoms with van der Waals surface area (Å²) in [5.74, 6) is -1.21. The molecule has 0 aliphatic carbocycles. The van der Waals surface area contributed by atoms with E-state index in [2.05, 4.69) is 0 Å². The molecule has 0 bridgehead atoms. The molecule has 0 aromatic heterocycles. The minimum absolute atomic E-state index is 0.0789. The molecule has 1 aromatic rings. The van der Waals surface area contributed by atoms with Crippen LogP contribution in [-0.2, 0) is 25.5 Å². The summed E-state index contributed by atoms with van der Waals surface area (Å²) in [7, 11) is 0. The van der Waals surface area contributed by atoms with Crippen molar-refractivity contribution in [1.82, 2.24) is 0 Å². The number of fused-ring (bicyclic) bond motifs is 1. The van der Waals surface area contributed by atoms with Crippen molar-refractivity contribution in [2.75, 3.05) is 0 Å². The quantitative estimate of drug-likeness (QED) is 0.829. The summed E-state index contributed by atoms with van der Waals surface area (Å²) >= 11 is 0. The maximum absolute atomic E-state index is 12.7. The highest BCUT2D eigenvalue weighted by atomic mass is 16.5. The van der Waals surface area contributed by atoms with E-state index in [1.165, 1.54) is 6.92 Å². The zero-order valence-electron chi connectivity index (χ0n) is 14.9. The average Bonchev–Trinajstić information content (AvgIpc) is 2.55. The average molecular weight is 346 g/mol. The van der Waals surface area contributed by atoms with Gasteiger partial charge in [-0.2, -0.15) is 0 Å². The lowest BCUT2D eigenvalue weighted by Gasteiger charge is -2.24. The molecular formula is C20H26O5. The minimum atomic E-state index is -1.05. The van der Waals surface area contributed by atoms with E-state index in [4.69, 9.17) is 4.74 Å². The Hall–Kier alpha value is -2.01. The number of hydrogen-bond acceptors (Lipinski definition) is 5. The number of Topliss-reactive ketones (excluding diaryl/α,β-unsaturated/α-hetero) is 2. The van der Waals surface area contributed by atoms with E-state index in [1.54, 1.807) is 6.07 Å². The lowest BCUT2D eigenvalue weighted by Crippen LogP contribution is -2.28. The fourth-order valence-corrected chi connectivity index (χ4v) is 3.18. The second-order valence-electron chi connectivity index (χ2n) is 6.89. The zero-order valence-corrected chi connectivity index (χ0v) is 14.9. The van der Waals surface area contributed by atoms with Crippen LogP contribution >= 0.6 is 0 Å². The van der Waals surface area contributed by atoms with Gasteiger partial charge in [-0.1, -0.05) is 37.6 Å². The number of carbonyl (C=O) groups is 3. The number of aliphatic hydroxyl groups excluding tert-OH is 1. The number of hydrogen-bond donors (Lipinski definition) is 1. The van der Waals surface area contributed by atoms with Crippen molar-refractivity contribution in [1.29, 1.82) is 0 Å². The molecule has 5 heteroatoms. The number of esters is 1. The lowest BCUT2D eigenvalue weighted by atomic mass is 9.91. The Balaban J connectivity index is 2.28. The Morgan fingerprint density at radius 2 is 1.96 bits per heavy atom. The van der Waals surface area contributed by atoms with E-state index in [0.29, 0.717) is 5.56 Å². The predicted molar refractivity (Wildman–Crippen MR) is 92.9 cm³/mol. The van der Waals surface area contributed by atoms with Crippen LogP contribution in [0.2, 0.25) is 0 Å². The summed E-state index contributed by atoms with van der Waals surface area (Å²) in [4.78, 5) is 36.2. The molecule has 1 aliphatic rings. The third kappa shape index (κ3) is 5.49. The molecule has 1 aliphatic heterocycles. The van der Waals surface area contributed by atoms with Crippen LogP contribution in [0.15, 0.2) is 24.3 Å². The van der Waals surface area contributed by atoms with Gasteiger partial charge in [-0.15, -0.1) is 0 Å². The normalized spacial score (nSPS) is 22.4. The number of aryl methyl sites for hydroxylation is 1. The Labute approximate surface area is 148 Å². The van der Waals surface area contributed by atoms with Crippen molar-refractivity contribution in [2.45, 2.75) is 64.6 Å². The highest BCUT2D eigenvalue weighted by Gasteiger charge is 2.30. The molecule has 1 N–H and O–H groups in total. The van der Waals surface area contributed by atoms with Crippen LogP contribution in [0.1, 0.15) is 63.2 Å². The Morgan fingerprint density at radius 3 is 2.68 bits per heavy atom. The first-order chi connectivity index (χ1) is 11.9. The fraction of sp³-hybridized carbons (Fsp3) is 0.550. The predicted octanol–water partition coefficient (Wildman–Crippen LogP) is 2.93. The molecule has 0 fully saturated rings. The molecule has 1 aromatic carbocycles. The maximum Gasteiger partial charge on any atom is 0.309 e. The van der Waals surface area contributed by atoms with Crippen molar-refractivity contribution in [3.05, 3.63) is 35.4 Å². The number of benzene rings is 1. The second-order valence-corrected chi connectivity index (χ2v) is 6.89. The van der Waals surface area contributed by atoms with Gasteiger partial charge in [0.15, 0.2) is 11.9 Å². The number of ether oxygens (including phenoxy) is 1. The highest BCUT2D eigenvalue weighted by molar-refractivity contribution is 5.88. The molecule has 1 heterocycles. The molecule has 0 saturated carbocycles. The highest BCUT2D eigenvalue weighted by Crippen LogP contribution is 2.29. The lowest BCUT2D eigenvalue weighted by molar-refractivity contribution is -0.160. The monoisotopic (exact) mass is 346 g/mol. The second kappa shape index (κ2) is 8.90. The van der Waals surface area contributed by atoms with Crippen LogP contribution in [0, 0.1) is 5.92 Å². The van der Waals surface area contributed by atoms with Gasteiger partial charge in [0.25, 0.3) is 0 Å². The third-order valence-corrected chi connectivity index (χ3v) is 4.56. The van der Waals surface area contributed by atoms with E-state index in [-0.39, 0.29) is 30.3 Å². The zero-order chi connectivity index (χ0) is 18.4. The van der Waals surface area contributed by atoms with Gasteiger partial charge in [0.1, 0.15) is 5.78 Å². The van der Waals surface area contributed by atoms with Gasteiger partial charge < -0.3 is 9.84 Å². The van der Waals surface area contributed by atoms with Gasteiger partial charge in [0, 0.05) is 18.4 Å². The molecule has 136 valence electrons. The van der Waals surface area contributed by atoms with Crippen molar-refractivity contribution in [3.63, 3.8) is 0 Å². The largest absolute Gasteiger partial charge is 0.449 e. The van der Waals surface area contributed by atoms with Crippen LogP contribution in [-0.4, -0.2) is 28.7 Å². The molecule has 0 spiro atoms. The van der Waals surface area contributed by atoms with Crippen molar-refractivity contribution >= 4 is 17.5 Å². The van der Waals surface area contributed by atoms with Crippen LogP contribution in [0.5, 0.6) is 0 Å². The van der Waals surface area contributed by atoms with E-state index in [0.717, 1.165) is 31.2 Å². The molecule has 5 nitrogen and oxygen atoms in total.